The van der Waals surface area contributed by atoms with Crippen molar-refractivity contribution < 1.29 is 4.74 Å². The van der Waals surface area contributed by atoms with Crippen molar-refractivity contribution in [3.05, 3.63) is 29.8 Å². The maximum Gasteiger partial charge on any atom is 0.123 e. The third-order valence-electron chi connectivity index (χ3n) is 3.64. The molecule has 0 bridgehead atoms. The molecule has 0 spiro atoms. The van der Waals surface area contributed by atoms with E-state index < -0.39 is 0 Å². The zero-order valence-electron chi connectivity index (χ0n) is 12.2. The third kappa shape index (κ3) is 4.51. The van der Waals surface area contributed by atoms with E-state index in [9.17, 15) is 0 Å². The molecular formula is C16H26N2O. The van der Waals surface area contributed by atoms with Crippen LogP contribution in [0.4, 0.5) is 0 Å². The first-order valence-electron chi connectivity index (χ1n) is 7.50. The lowest BCUT2D eigenvalue weighted by molar-refractivity contribution is 0.208. The van der Waals surface area contributed by atoms with Crippen molar-refractivity contribution in [2.75, 3.05) is 26.2 Å². The summed E-state index contributed by atoms with van der Waals surface area (Å²) in [6, 6.07) is 9.15. The maximum absolute atomic E-state index is 5.96. The lowest BCUT2D eigenvalue weighted by Gasteiger charge is -2.20. The minimum Gasteiger partial charge on any atom is -0.492 e. The molecule has 1 N–H and O–H groups in total. The molecule has 0 heterocycles. The summed E-state index contributed by atoms with van der Waals surface area (Å²) in [5.74, 6) is 1.02. The number of rotatable bonds is 9. The van der Waals surface area contributed by atoms with Crippen LogP contribution in [-0.4, -0.2) is 37.2 Å². The molecule has 2 rings (SSSR count). The van der Waals surface area contributed by atoms with Crippen LogP contribution in [0.3, 0.4) is 0 Å². The van der Waals surface area contributed by atoms with Gasteiger partial charge in [-0.25, -0.2) is 0 Å². The van der Waals surface area contributed by atoms with Crippen LogP contribution in [0, 0.1) is 0 Å². The molecule has 1 saturated carbocycles. The van der Waals surface area contributed by atoms with Gasteiger partial charge in [-0.2, -0.15) is 0 Å². The van der Waals surface area contributed by atoms with Crippen LogP contribution in [0.15, 0.2) is 24.3 Å². The summed E-state index contributed by atoms with van der Waals surface area (Å²) in [5, 5.41) is 3.35. The molecule has 1 aromatic carbocycles. The summed E-state index contributed by atoms with van der Waals surface area (Å²) in [6.07, 6.45) is 2.73. The Morgan fingerprint density at radius 3 is 2.74 bits per heavy atom. The summed E-state index contributed by atoms with van der Waals surface area (Å²) >= 11 is 0. The van der Waals surface area contributed by atoms with Crippen molar-refractivity contribution in [1.29, 1.82) is 0 Å². The van der Waals surface area contributed by atoms with Crippen molar-refractivity contribution in [1.82, 2.24) is 10.2 Å². The molecule has 1 aliphatic rings. The standard InChI is InChI=1S/C16H26N2O/c1-3-17-13-14-7-5-6-8-16(14)19-12-11-18(4-2)15-9-10-15/h5-8,15,17H,3-4,9-13H2,1-2H3. The summed E-state index contributed by atoms with van der Waals surface area (Å²) in [5.41, 5.74) is 1.25. The van der Waals surface area contributed by atoms with E-state index in [-0.39, 0.29) is 0 Å². The molecular weight excluding hydrogens is 236 g/mol. The highest BCUT2D eigenvalue weighted by atomic mass is 16.5. The minimum atomic E-state index is 0.785. The van der Waals surface area contributed by atoms with Crippen molar-refractivity contribution in [3.63, 3.8) is 0 Å². The quantitative estimate of drug-likeness (QED) is 0.740. The van der Waals surface area contributed by atoms with E-state index in [1.54, 1.807) is 0 Å². The Morgan fingerprint density at radius 1 is 1.26 bits per heavy atom. The first kappa shape index (κ1) is 14.4. The number of ether oxygens (including phenoxy) is 1. The number of likely N-dealkylation sites (N-methyl/N-ethyl adjacent to an activating group) is 1. The predicted molar refractivity (Wildman–Crippen MR) is 79.6 cm³/mol. The van der Waals surface area contributed by atoms with Gasteiger partial charge in [-0.3, -0.25) is 4.90 Å². The Kier molecular flexibility index (Phi) is 5.67. The van der Waals surface area contributed by atoms with Gasteiger partial charge in [-0.1, -0.05) is 32.0 Å². The van der Waals surface area contributed by atoms with Gasteiger partial charge >= 0.3 is 0 Å². The molecule has 3 nitrogen and oxygen atoms in total. The van der Waals surface area contributed by atoms with Gasteiger partial charge in [0.25, 0.3) is 0 Å². The number of hydrogen-bond acceptors (Lipinski definition) is 3. The molecule has 1 aliphatic carbocycles. The molecule has 1 fully saturated rings. The van der Waals surface area contributed by atoms with E-state index in [4.69, 9.17) is 4.74 Å². The highest BCUT2D eigenvalue weighted by Crippen LogP contribution is 2.26. The highest BCUT2D eigenvalue weighted by Gasteiger charge is 2.27. The fraction of sp³-hybridized carbons (Fsp3) is 0.625. The lowest BCUT2D eigenvalue weighted by atomic mass is 10.2. The first-order chi connectivity index (χ1) is 9.35. The second kappa shape index (κ2) is 7.51. The molecule has 1 aromatic rings. The summed E-state index contributed by atoms with van der Waals surface area (Å²) < 4.78 is 5.96. The van der Waals surface area contributed by atoms with Crippen LogP contribution in [0.2, 0.25) is 0 Å². The van der Waals surface area contributed by atoms with E-state index >= 15 is 0 Å². The average Bonchev–Trinajstić information content (AvgIpc) is 3.27. The molecule has 0 saturated heterocycles. The summed E-state index contributed by atoms with van der Waals surface area (Å²) in [6.45, 7) is 9.18. The Bertz CT molecular complexity index is 377. The molecule has 0 atom stereocenters. The fourth-order valence-electron chi connectivity index (χ4n) is 2.36. The largest absolute Gasteiger partial charge is 0.492 e. The van der Waals surface area contributed by atoms with Crippen LogP contribution in [0.1, 0.15) is 32.3 Å². The maximum atomic E-state index is 5.96. The zero-order valence-corrected chi connectivity index (χ0v) is 12.2. The molecule has 106 valence electrons. The predicted octanol–water partition coefficient (Wildman–Crippen LogP) is 2.66. The summed E-state index contributed by atoms with van der Waals surface area (Å²) in [4.78, 5) is 2.52. The smallest absolute Gasteiger partial charge is 0.123 e. The van der Waals surface area contributed by atoms with Gasteiger partial charge in [0.15, 0.2) is 0 Å². The molecule has 0 aliphatic heterocycles. The number of nitrogens with one attached hydrogen (secondary N) is 1. The van der Waals surface area contributed by atoms with Gasteiger partial charge in [0.05, 0.1) is 0 Å². The first-order valence-corrected chi connectivity index (χ1v) is 7.50. The minimum absolute atomic E-state index is 0.785. The normalized spacial score (nSPS) is 14.9. The Labute approximate surface area is 116 Å². The van der Waals surface area contributed by atoms with E-state index in [1.807, 2.05) is 6.07 Å². The van der Waals surface area contributed by atoms with Crippen LogP contribution >= 0.6 is 0 Å². The van der Waals surface area contributed by atoms with Crippen LogP contribution < -0.4 is 10.1 Å². The van der Waals surface area contributed by atoms with E-state index in [0.29, 0.717) is 0 Å². The topological polar surface area (TPSA) is 24.5 Å². The van der Waals surface area contributed by atoms with Crippen molar-refractivity contribution in [2.24, 2.45) is 0 Å². The van der Waals surface area contributed by atoms with Crippen molar-refractivity contribution >= 4 is 0 Å². The number of para-hydroxylation sites is 1. The van der Waals surface area contributed by atoms with Gasteiger partial charge < -0.3 is 10.1 Å². The monoisotopic (exact) mass is 262 g/mol. The average molecular weight is 262 g/mol. The Balaban J connectivity index is 1.80. The fourth-order valence-corrected chi connectivity index (χ4v) is 2.36. The Morgan fingerprint density at radius 2 is 2.05 bits per heavy atom. The van der Waals surface area contributed by atoms with Gasteiger partial charge in [0.2, 0.25) is 0 Å². The van der Waals surface area contributed by atoms with Crippen LogP contribution in [0.5, 0.6) is 5.75 Å². The molecule has 19 heavy (non-hydrogen) atoms. The Hall–Kier alpha value is -1.06. The van der Waals surface area contributed by atoms with Gasteiger partial charge in [0, 0.05) is 24.7 Å². The summed E-state index contributed by atoms with van der Waals surface area (Å²) in [7, 11) is 0. The molecule has 0 radical (unpaired) electrons. The lowest BCUT2D eigenvalue weighted by Crippen LogP contribution is -2.30. The molecule has 0 aromatic heterocycles. The van der Waals surface area contributed by atoms with Gasteiger partial charge in [-0.15, -0.1) is 0 Å². The highest BCUT2D eigenvalue weighted by molar-refractivity contribution is 5.33. The van der Waals surface area contributed by atoms with Gasteiger partial charge in [-0.05, 0) is 32.0 Å². The van der Waals surface area contributed by atoms with Crippen molar-refractivity contribution in [2.45, 2.75) is 39.3 Å². The number of hydrogen-bond donors (Lipinski definition) is 1. The second-order valence-electron chi connectivity index (χ2n) is 5.10. The SMILES string of the molecule is CCNCc1ccccc1OCCN(CC)C1CC1. The second-order valence-corrected chi connectivity index (χ2v) is 5.10. The molecule has 0 amide bonds. The molecule has 3 heteroatoms. The zero-order chi connectivity index (χ0) is 13.5. The van der Waals surface area contributed by atoms with Crippen LogP contribution in [-0.2, 0) is 6.54 Å². The number of nitrogens with zero attached hydrogens (tertiary/aromatic N) is 1. The van der Waals surface area contributed by atoms with E-state index in [1.165, 1.54) is 18.4 Å². The van der Waals surface area contributed by atoms with Crippen LogP contribution in [0.25, 0.3) is 0 Å². The van der Waals surface area contributed by atoms with E-state index in [0.717, 1.165) is 44.6 Å². The molecule has 0 unspecified atom stereocenters. The van der Waals surface area contributed by atoms with Gasteiger partial charge in [0.1, 0.15) is 12.4 Å². The van der Waals surface area contributed by atoms with E-state index in [2.05, 4.69) is 42.3 Å². The van der Waals surface area contributed by atoms with Crippen molar-refractivity contribution in [3.8, 4) is 5.75 Å². The number of benzene rings is 1. The third-order valence-corrected chi connectivity index (χ3v) is 3.64.